The Hall–Kier alpha value is -2.21. The van der Waals surface area contributed by atoms with Crippen molar-refractivity contribution in [3.63, 3.8) is 0 Å². The van der Waals surface area contributed by atoms with Crippen molar-refractivity contribution in [1.82, 2.24) is 5.32 Å². The molecule has 2 unspecified atom stereocenters. The number of nitrogens with one attached hydrogen (secondary N) is 1. The maximum Gasteiger partial charge on any atom is 0.573 e. The molecule has 0 aliphatic carbocycles. The quantitative estimate of drug-likeness (QED) is 0.462. The number of ether oxygens (including phenoxy) is 2. The van der Waals surface area contributed by atoms with Crippen molar-refractivity contribution in [3.8, 4) is 5.75 Å². The average molecular weight is 528 g/mol. The monoisotopic (exact) mass is 527 g/mol. The average Bonchev–Trinajstić information content (AvgIpc) is 2.65. The van der Waals surface area contributed by atoms with Gasteiger partial charge in [-0.2, -0.15) is 0 Å². The van der Waals surface area contributed by atoms with E-state index >= 15 is 0 Å². The highest BCUT2D eigenvalue weighted by atomic mass is 35.5. The number of carbonyl (C=O) groups excluding carboxylic acids is 1. The van der Waals surface area contributed by atoms with E-state index in [1.165, 1.54) is 18.2 Å². The summed E-state index contributed by atoms with van der Waals surface area (Å²) < 4.78 is 71.5. The van der Waals surface area contributed by atoms with Gasteiger partial charge in [-0.25, -0.2) is 4.79 Å². The number of hydrogen-bond acceptors (Lipinski definition) is 5. The Morgan fingerprint density at radius 2 is 1.73 bits per heavy atom. The lowest BCUT2D eigenvalue weighted by molar-refractivity contribution is -0.274. The molecule has 2 rings (SSSR count). The van der Waals surface area contributed by atoms with Gasteiger partial charge in [0, 0.05) is 23.5 Å². The number of rotatable bonds is 7. The van der Waals surface area contributed by atoms with Gasteiger partial charge >= 0.3 is 12.5 Å². The van der Waals surface area contributed by atoms with Gasteiger partial charge in [0.1, 0.15) is 11.4 Å². The molecule has 0 heterocycles. The van der Waals surface area contributed by atoms with Crippen LogP contribution in [0.2, 0.25) is 10.0 Å². The minimum absolute atomic E-state index is 0.0138. The molecule has 0 saturated heterocycles. The lowest BCUT2D eigenvalue weighted by Gasteiger charge is -2.35. The zero-order valence-electron chi connectivity index (χ0n) is 17.6. The highest BCUT2D eigenvalue weighted by Crippen LogP contribution is 2.33. The zero-order valence-corrected chi connectivity index (χ0v) is 19.9. The molecule has 2 aromatic rings. The van der Waals surface area contributed by atoms with Gasteiger partial charge in [0.2, 0.25) is 0 Å². The Labute approximate surface area is 201 Å². The van der Waals surface area contributed by atoms with Crippen molar-refractivity contribution in [2.24, 2.45) is 0 Å². The maximum absolute atomic E-state index is 12.4. The predicted octanol–water partition coefficient (Wildman–Crippen LogP) is 5.76. The van der Waals surface area contributed by atoms with Crippen LogP contribution in [0.15, 0.2) is 42.5 Å². The molecular formula is C20H20Cl2F3N2O5S-. The van der Waals surface area contributed by atoms with Crippen LogP contribution in [0.3, 0.4) is 0 Å². The molecule has 0 aliphatic rings. The summed E-state index contributed by atoms with van der Waals surface area (Å²) in [6, 6.07) is 7.55. The molecule has 0 aliphatic heterocycles. The van der Waals surface area contributed by atoms with Crippen molar-refractivity contribution >= 4 is 46.2 Å². The molecule has 33 heavy (non-hydrogen) atoms. The van der Waals surface area contributed by atoms with Crippen molar-refractivity contribution in [2.45, 2.75) is 38.8 Å². The second kappa shape index (κ2) is 10.8. The minimum Gasteiger partial charge on any atom is -0.755 e. The number of alkyl halides is 3. The summed E-state index contributed by atoms with van der Waals surface area (Å²) in [6.07, 6.45) is -5.69. The number of halogens is 5. The van der Waals surface area contributed by atoms with Crippen molar-refractivity contribution < 1.29 is 36.2 Å². The Balaban J connectivity index is 2.41. The van der Waals surface area contributed by atoms with Gasteiger partial charge < -0.3 is 19.3 Å². The summed E-state index contributed by atoms with van der Waals surface area (Å²) in [4.78, 5) is 12.1. The molecule has 0 saturated carbocycles. The van der Waals surface area contributed by atoms with Crippen molar-refractivity contribution in [2.75, 3.05) is 10.8 Å². The highest BCUT2D eigenvalue weighted by molar-refractivity contribution is 7.80. The second-order valence-corrected chi connectivity index (χ2v) is 9.30. The number of hydrogen-bond donors (Lipinski definition) is 1. The first kappa shape index (κ1) is 27.0. The Bertz CT molecular complexity index is 1000. The highest BCUT2D eigenvalue weighted by Gasteiger charge is 2.31. The summed E-state index contributed by atoms with van der Waals surface area (Å²) in [5.41, 5.74) is -0.418. The standard InChI is InChI=1S/C20H21Cl2F3N2O5S/c1-19(2,3)32-18(28)26-11-17(12-4-9-15(21)16(22)10-12)27(33(29)30)13-5-7-14(8-6-13)31-20(23,24)25/h4-10,17H,11H2,1-3H3,(H,26,28)(H,29,30)/p-1. The molecule has 13 heteroatoms. The van der Waals surface area contributed by atoms with Crippen molar-refractivity contribution in [1.29, 1.82) is 0 Å². The van der Waals surface area contributed by atoms with Crippen LogP contribution in [-0.2, 0) is 16.0 Å². The number of benzene rings is 2. The molecule has 0 bridgehead atoms. The van der Waals surface area contributed by atoms with E-state index in [9.17, 15) is 26.7 Å². The number of anilines is 1. The SMILES string of the molecule is CC(C)(C)OC(=O)NCC(c1ccc(Cl)c(Cl)c1)N(c1ccc(OC(F)(F)F)cc1)S(=O)[O-]. The Morgan fingerprint density at radius 1 is 1.12 bits per heavy atom. The fourth-order valence-corrected chi connectivity index (χ4v) is 3.72. The van der Waals surface area contributed by atoms with Crippen LogP contribution in [0.4, 0.5) is 23.7 Å². The first-order valence-corrected chi connectivity index (χ1v) is 11.1. The maximum atomic E-state index is 12.4. The lowest BCUT2D eigenvalue weighted by Crippen LogP contribution is -2.41. The summed E-state index contributed by atoms with van der Waals surface area (Å²) >= 11 is 9.13. The number of carbonyl (C=O) groups is 1. The molecule has 2 atom stereocenters. The van der Waals surface area contributed by atoms with Crippen LogP contribution in [0.5, 0.6) is 5.75 Å². The predicted molar refractivity (Wildman–Crippen MR) is 118 cm³/mol. The third kappa shape index (κ3) is 8.58. The van der Waals surface area contributed by atoms with Gasteiger partial charge in [-0.15, -0.1) is 13.2 Å². The second-order valence-electron chi connectivity index (χ2n) is 7.66. The zero-order chi connectivity index (χ0) is 25.0. The smallest absolute Gasteiger partial charge is 0.573 e. The van der Waals surface area contributed by atoms with Gasteiger partial charge in [-0.05, 0) is 62.7 Å². The summed E-state index contributed by atoms with van der Waals surface area (Å²) in [7, 11) is 0. The van der Waals surface area contributed by atoms with E-state index in [1.54, 1.807) is 20.8 Å². The molecule has 182 valence electrons. The van der Waals surface area contributed by atoms with Crippen LogP contribution >= 0.6 is 23.2 Å². The van der Waals surface area contributed by atoms with E-state index < -0.39 is 41.1 Å². The van der Waals surface area contributed by atoms with Gasteiger partial charge in [0.25, 0.3) is 0 Å². The molecular weight excluding hydrogens is 508 g/mol. The molecule has 0 fully saturated rings. The number of alkyl carbamates (subject to hydrolysis) is 1. The minimum atomic E-state index is -4.90. The third-order valence-electron chi connectivity index (χ3n) is 3.94. The largest absolute Gasteiger partial charge is 0.755 e. The van der Waals surface area contributed by atoms with Gasteiger partial charge in [-0.1, -0.05) is 29.3 Å². The van der Waals surface area contributed by atoms with E-state index in [4.69, 9.17) is 27.9 Å². The van der Waals surface area contributed by atoms with E-state index in [2.05, 4.69) is 10.1 Å². The van der Waals surface area contributed by atoms with E-state index in [0.29, 0.717) is 5.56 Å². The fourth-order valence-electron chi connectivity index (χ4n) is 2.71. The first-order valence-electron chi connectivity index (χ1n) is 9.32. The fraction of sp³-hybridized carbons (Fsp3) is 0.350. The third-order valence-corrected chi connectivity index (χ3v) is 5.46. The molecule has 7 nitrogen and oxygen atoms in total. The van der Waals surface area contributed by atoms with E-state index in [0.717, 1.165) is 28.6 Å². The molecule has 1 amide bonds. The van der Waals surface area contributed by atoms with Gasteiger partial charge in [0.15, 0.2) is 0 Å². The Kier molecular flexibility index (Phi) is 8.86. The normalized spacial score (nSPS) is 13.7. The Morgan fingerprint density at radius 3 is 2.21 bits per heavy atom. The summed E-state index contributed by atoms with van der Waals surface area (Å²) in [6.45, 7) is 4.73. The topological polar surface area (TPSA) is 90.9 Å². The number of amides is 1. The molecule has 0 spiro atoms. The van der Waals surface area contributed by atoms with Crippen LogP contribution in [-0.4, -0.2) is 33.4 Å². The lowest BCUT2D eigenvalue weighted by atomic mass is 10.1. The van der Waals surface area contributed by atoms with Crippen LogP contribution in [0, 0.1) is 0 Å². The van der Waals surface area contributed by atoms with Crippen molar-refractivity contribution in [3.05, 3.63) is 58.1 Å². The van der Waals surface area contributed by atoms with Crippen LogP contribution < -0.4 is 14.4 Å². The van der Waals surface area contributed by atoms with Crippen LogP contribution in [0.1, 0.15) is 32.4 Å². The molecule has 2 aromatic carbocycles. The van der Waals surface area contributed by atoms with Gasteiger partial charge in [-0.3, -0.25) is 8.51 Å². The molecule has 0 aromatic heterocycles. The molecule has 0 radical (unpaired) electrons. The number of nitrogens with zero attached hydrogens (tertiary/aromatic N) is 1. The van der Waals surface area contributed by atoms with Gasteiger partial charge in [0.05, 0.1) is 16.1 Å². The van der Waals surface area contributed by atoms with E-state index in [1.807, 2.05) is 0 Å². The van der Waals surface area contributed by atoms with E-state index in [-0.39, 0.29) is 22.3 Å². The summed E-state index contributed by atoms with van der Waals surface area (Å²) in [5.74, 6) is -0.527. The van der Waals surface area contributed by atoms with Crippen LogP contribution in [0.25, 0.3) is 0 Å². The summed E-state index contributed by atoms with van der Waals surface area (Å²) in [5, 5.41) is 2.86. The molecule has 1 N–H and O–H groups in total. The first-order chi connectivity index (χ1) is 15.2.